The molecule has 3 nitrogen and oxygen atoms in total. The molecule has 0 saturated carbocycles. The number of rotatable bonds is 3. The first kappa shape index (κ1) is 14.5. The lowest BCUT2D eigenvalue weighted by atomic mass is 10.1. The molecule has 1 heterocycles. The predicted octanol–water partition coefficient (Wildman–Crippen LogP) is 4.57. The lowest BCUT2D eigenvalue weighted by Crippen LogP contribution is -2.10. The maximum atomic E-state index is 12.1. The molecule has 0 aliphatic rings. The molecule has 1 N–H and O–H groups in total. The Bertz CT molecular complexity index is 811. The number of aromatic nitrogens is 1. The number of benzene rings is 2. The number of fused-ring (bicyclic) bond motifs is 1. The van der Waals surface area contributed by atoms with E-state index in [1.54, 1.807) is 17.4 Å². The van der Waals surface area contributed by atoms with E-state index < -0.39 is 0 Å². The van der Waals surface area contributed by atoms with Crippen molar-refractivity contribution >= 4 is 39.2 Å². The van der Waals surface area contributed by atoms with Crippen LogP contribution in [0.5, 0.6) is 0 Å². The fourth-order valence-electron chi connectivity index (χ4n) is 2.28. The van der Waals surface area contributed by atoms with Crippen LogP contribution in [0.2, 0.25) is 0 Å². The van der Waals surface area contributed by atoms with Crippen molar-refractivity contribution in [1.29, 1.82) is 0 Å². The van der Waals surface area contributed by atoms with Crippen molar-refractivity contribution in [2.45, 2.75) is 13.8 Å². The van der Waals surface area contributed by atoms with Crippen molar-refractivity contribution in [2.75, 3.05) is 5.32 Å². The van der Waals surface area contributed by atoms with Gasteiger partial charge in [0.1, 0.15) is 5.01 Å². The van der Waals surface area contributed by atoms with Gasteiger partial charge in [0.05, 0.1) is 10.2 Å². The summed E-state index contributed by atoms with van der Waals surface area (Å²) in [6.07, 6.45) is 3.29. The second-order valence-corrected chi connectivity index (χ2v) is 6.17. The molecule has 0 aliphatic heterocycles. The number of nitrogens with zero attached hydrogens (tertiary/aromatic N) is 1. The summed E-state index contributed by atoms with van der Waals surface area (Å²) in [7, 11) is 0. The molecule has 1 aromatic heterocycles. The molecule has 1 amide bonds. The second-order valence-electron chi connectivity index (χ2n) is 5.11. The fraction of sp³-hybridized carbons (Fsp3) is 0.111. The number of anilines is 1. The number of aryl methyl sites for hydroxylation is 2. The third-order valence-electron chi connectivity index (χ3n) is 3.42. The minimum atomic E-state index is -0.142. The van der Waals surface area contributed by atoms with Crippen molar-refractivity contribution in [2.24, 2.45) is 0 Å². The predicted molar refractivity (Wildman–Crippen MR) is 93.2 cm³/mol. The summed E-state index contributed by atoms with van der Waals surface area (Å²) in [5.41, 5.74) is 3.95. The summed E-state index contributed by atoms with van der Waals surface area (Å²) in [6.45, 7) is 3.97. The highest BCUT2D eigenvalue weighted by Crippen LogP contribution is 2.23. The smallest absolute Gasteiger partial charge is 0.248 e. The van der Waals surface area contributed by atoms with Crippen molar-refractivity contribution in [3.05, 3.63) is 64.7 Å². The van der Waals surface area contributed by atoms with Gasteiger partial charge in [-0.05, 0) is 43.2 Å². The second kappa shape index (κ2) is 6.12. The van der Waals surface area contributed by atoms with Crippen LogP contribution < -0.4 is 5.32 Å². The SMILES string of the molecule is Cc1cccc(C)c1NC(=O)/C=C/c1nc2ccccc2s1. The molecule has 0 spiro atoms. The maximum absolute atomic E-state index is 12.1. The summed E-state index contributed by atoms with van der Waals surface area (Å²) in [5.74, 6) is -0.142. The maximum Gasteiger partial charge on any atom is 0.248 e. The van der Waals surface area contributed by atoms with Gasteiger partial charge in [0.25, 0.3) is 0 Å². The first-order valence-electron chi connectivity index (χ1n) is 7.04. The van der Waals surface area contributed by atoms with Crippen LogP contribution in [0, 0.1) is 13.8 Å². The van der Waals surface area contributed by atoms with Crippen molar-refractivity contribution in [1.82, 2.24) is 4.98 Å². The van der Waals surface area contributed by atoms with Gasteiger partial charge in [-0.1, -0.05) is 30.3 Å². The Kier molecular flexibility index (Phi) is 4.02. The first-order chi connectivity index (χ1) is 10.6. The van der Waals surface area contributed by atoms with Gasteiger partial charge in [-0.15, -0.1) is 11.3 Å². The topological polar surface area (TPSA) is 42.0 Å². The van der Waals surface area contributed by atoms with E-state index in [9.17, 15) is 4.79 Å². The highest BCUT2D eigenvalue weighted by atomic mass is 32.1. The Morgan fingerprint density at radius 3 is 2.55 bits per heavy atom. The summed E-state index contributed by atoms with van der Waals surface area (Å²) in [6, 6.07) is 13.9. The van der Waals surface area contributed by atoms with E-state index in [1.165, 1.54) is 6.08 Å². The molecule has 22 heavy (non-hydrogen) atoms. The van der Waals surface area contributed by atoms with E-state index in [1.807, 2.05) is 56.3 Å². The number of hydrogen-bond acceptors (Lipinski definition) is 3. The van der Waals surface area contributed by atoms with Gasteiger partial charge in [0.15, 0.2) is 0 Å². The highest BCUT2D eigenvalue weighted by Gasteiger charge is 2.05. The van der Waals surface area contributed by atoms with E-state index in [0.29, 0.717) is 0 Å². The molecule has 0 atom stereocenters. The Morgan fingerprint density at radius 2 is 1.82 bits per heavy atom. The monoisotopic (exact) mass is 308 g/mol. The summed E-state index contributed by atoms with van der Waals surface area (Å²) < 4.78 is 1.12. The van der Waals surface area contributed by atoms with Gasteiger partial charge in [-0.25, -0.2) is 4.98 Å². The fourth-order valence-corrected chi connectivity index (χ4v) is 3.16. The van der Waals surface area contributed by atoms with Gasteiger partial charge >= 0.3 is 0 Å². The normalized spacial score (nSPS) is 11.2. The van der Waals surface area contributed by atoms with Crippen LogP contribution in [-0.4, -0.2) is 10.9 Å². The van der Waals surface area contributed by atoms with Crippen LogP contribution in [0.1, 0.15) is 16.1 Å². The van der Waals surface area contributed by atoms with E-state index >= 15 is 0 Å². The summed E-state index contributed by atoms with van der Waals surface area (Å²) in [5, 5.41) is 3.76. The zero-order valence-electron chi connectivity index (χ0n) is 12.5. The average Bonchev–Trinajstić information content (AvgIpc) is 2.92. The van der Waals surface area contributed by atoms with Crippen molar-refractivity contribution in [3.8, 4) is 0 Å². The summed E-state index contributed by atoms with van der Waals surface area (Å²) in [4.78, 5) is 16.6. The third-order valence-corrected chi connectivity index (χ3v) is 4.42. The zero-order chi connectivity index (χ0) is 15.5. The molecule has 0 fully saturated rings. The van der Waals surface area contributed by atoms with Crippen LogP contribution in [0.4, 0.5) is 5.69 Å². The lowest BCUT2D eigenvalue weighted by Gasteiger charge is -2.09. The molecule has 110 valence electrons. The molecule has 0 aliphatic carbocycles. The van der Waals surface area contributed by atoms with Crippen LogP contribution in [0.15, 0.2) is 48.5 Å². The Balaban J connectivity index is 1.76. The van der Waals surface area contributed by atoms with Crippen LogP contribution >= 0.6 is 11.3 Å². The van der Waals surface area contributed by atoms with Crippen molar-refractivity contribution in [3.63, 3.8) is 0 Å². The van der Waals surface area contributed by atoms with Gasteiger partial charge in [-0.2, -0.15) is 0 Å². The molecule has 2 aromatic carbocycles. The Hall–Kier alpha value is -2.46. The molecular formula is C18H16N2OS. The zero-order valence-corrected chi connectivity index (χ0v) is 13.3. The Morgan fingerprint density at radius 1 is 1.09 bits per heavy atom. The van der Waals surface area contributed by atoms with Crippen LogP contribution in [0.3, 0.4) is 0 Å². The molecule has 3 aromatic rings. The van der Waals surface area contributed by atoms with E-state index in [-0.39, 0.29) is 5.91 Å². The van der Waals surface area contributed by atoms with Gasteiger partial charge in [0, 0.05) is 11.8 Å². The van der Waals surface area contributed by atoms with E-state index in [0.717, 1.165) is 32.0 Å². The number of carbonyl (C=O) groups excluding carboxylic acids is 1. The van der Waals surface area contributed by atoms with Crippen molar-refractivity contribution < 1.29 is 4.79 Å². The standard InChI is InChI=1S/C18H16N2OS/c1-12-6-5-7-13(2)18(12)20-16(21)10-11-17-19-14-8-3-4-9-15(14)22-17/h3-11H,1-2H3,(H,20,21)/b11-10+. The number of amides is 1. The lowest BCUT2D eigenvalue weighted by molar-refractivity contribution is -0.111. The molecule has 0 bridgehead atoms. The molecule has 3 rings (SSSR count). The first-order valence-corrected chi connectivity index (χ1v) is 7.86. The Labute approximate surface area is 133 Å². The number of nitrogens with one attached hydrogen (secondary N) is 1. The largest absolute Gasteiger partial charge is 0.322 e. The summed E-state index contributed by atoms with van der Waals surface area (Å²) >= 11 is 1.57. The molecule has 0 saturated heterocycles. The number of thiazole rings is 1. The number of para-hydroxylation sites is 2. The van der Waals surface area contributed by atoms with Crippen LogP contribution in [-0.2, 0) is 4.79 Å². The minimum absolute atomic E-state index is 0.142. The van der Waals surface area contributed by atoms with Crippen LogP contribution in [0.25, 0.3) is 16.3 Å². The van der Waals surface area contributed by atoms with Gasteiger partial charge < -0.3 is 5.32 Å². The number of hydrogen-bond donors (Lipinski definition) is 1. The van der Waals surface area contributed by atoms with Gasteiger partial charge in [0.2, 0.25) is 5.91 Å². The molecule has 0 radical (unpaired) electrons. The third kappa shape index (κ3) is 3.07. The number of carbonyl (C=O) groups is 1. The quantitative estimate of drug-likeness (QED) is 0.720. The van der Waals surface area contributed by atoms with E-state index in [2.05, 4.69) is 10.3 Å². The average molecular weight is 308 g/mol. The van der Waals surface area contributed by atoms with Gasteiger partial charge in [-0.3, -0.25) is 4.79 Å². The highest BCUT2D eigenvalue weighted by molar-refractivity contribution is 7.19. The van der Waals surface area contributed by atoms with E-state index in [4.69, 9.17) is 0 Å². The molecule has 4 heteroatoms. The minimum Gasteiger partial charge on any atom is -0.322 e. The molecule has 0 unspecified atom stereocenters. The molecular weight excluding hydrogens is 292 g/mol.